The number of hydrogen-bond acceptors (Lipinski definition) is 2. The minimum Gasteiger partial charge on any atom is -0.395 e. The number of rotatable bonds is 4. The number of carbonyl (C=O) groups is 1. The smallest absolute Gasteiger partial charge is 0.223 e. The summed E-state index contributed by atoms with van der Waals surface area (Å²) in [7, 11) is 0. The maximum absolute atomic E-state index is 11.6. The van der Waals surface area contributed by atoms with E-state index >= 15 is 0 Å². The Morgan fingerprint density at radius 1 is 1.41 bits per heavy atom. The van der Waals surface area contributed by atoms with Crippen LogP contribution >= 0.6 is 23.2 Å². The molecular formula is C12H13Cl2NO2. The van der Waals surface area contributed by atoms with Crippen LogP contribution in [-0.2, 0) is 4.79 Å². The van der Waals surface area contributed by atoms with Gasteiger partial charge in [-0.1, -0.05) is 29.3 Å². The number of halogens is 2. The number of hydrogen-bond donors (Lipinski definition) is 2. The van der Waals surface area contributed by atoms with Crippen molar-refractivity contribution >= 4 is 29.1 Å². The maximum atomic E-state index is 11.6. The number of aliphatic hydroxyl groups excluding tert-OH is 1. The molecular weight excluding hydrogens is 261 g/mol. The van der Waals surface area contributed by atoms with E-state index in [0.717, 1.165) is 12.0 Å². The van der Waals surface area contributed by atoms with Gasteiger partial charge < -0.3 is 10.4 Å². The van der Waals surface area contributed by atoms with E-state index in [4.69, 9.17) is 28.3 Å². The molecule has 0 radical (unpaired) electrons. The quantitative estimate of drug-likeness (QED) is 0.884. The van der Waals surface area contributed by atoms with Crippen LogP contribution in [0.15, 0.2) is 18.2 Å². The van der Waals surface area contributed by atoms with Crippen LogP contribution in [-0.4, -0.2) is 24.2 Å². The standard InChI is InChI=1S/C12H13Cl2NO2/c13-10-2-1-7(5-11(10)14)8-6-9(8)12(17)15-3-4-16/h1-2,5,8-9,16H,3-4,6H2,(H,15,17). The molecule has 0 heterocycles. The van der Waals surface area contributed by atoms with E-state index in [-0.39, 0.29) is 24.3 Å². The largest absolute Gasteiger partial charge is 0.395 e. The highest BCUT2D eigenvalue weighted by molar-refractivity contribution is 6.42. The molecule has 2 rings (SSSR count). The SMILES string of the molecule is O=C(NCCO)C1CC1c1ccc(Cl)c(Cl)c1. The summed E-state index contributed by atoms with van der Waals surface area (Å²) in [5.41, 5.74) is 1.04. The molecule has 0 spiro atoms. The van der Waals surface area contributed by atoms with Crippen molar-refractivity contribution in [3.63, 3.8) is 0 Å². The first-order valence-corrected chi connectivity index (χ1v) is 6.22. The molecule has 3 nitrogen and oxygen atoms in total. The third-order valence-electron chi connectivity index (χ3n) is 2.91. The lowest BCUT2D eigenvalue weighted by molar-refractivity contribution is -0.122. The lowest BCUT2D eigenvalue weighted by Crippen LogP contribution is -2.28. The first kappa shape index (κ1) is 12.7. The van der Waals surface area contributed by atoms with Gasteiger partial charge in [0.05, 0.1) is 16.7 Å². The van der Waals surface area contributed by atoms with Crippen LogP contribution < -0.4 is 5.32 Å². The fraction of sp³-hybridized carbons (Fsp3) is 0.417. The van der Waals surface area contributed by atoms with Gasteiger partial charge in [0.15, 0.2) is 0 Å². The summed E-state index contributed by atoms with van der Waals surface area (Å²) in [5.74, 6) is 0.220. The summed E-state index contributed by atoms with van der Waals surface area (Å²) in [6, 6.07) is 5.46. The zero-order valence-electron chi connectivity index (χ0n) is 9.12. The Hall–Kier alpha value is -0.770. The summed E-state index contributed by atoms with van der Waals surface area (Å²) in [6.07, 6.45) is 0.829. The van der Waals surface area contributed by atoms with Crippen LogP contribution in [0.5, 0.6) is 0 Å². The third kappa shape index (κ3) is 2.92. The highest BCUT2D eigenvalue weighted by atomic mass is 35.5. The summed E-state index contributed by atoms with van der Waals surface area (Å²) in [4.78, 5) is 11.6. The Bertz CT molecular complexity index is 437. The molecule has 1 aliphatic rings. The highest BCUT2D eigenvalue weighted by Gasteiger charge is 2.43. The molecule has 2 atom stereocenters. The average molecular weight is 274 g/mol. The second-order valence-corrected chi connectivity index (χ2v) is 4.95. The van der Waals surface area contributed by atoms with Crippen molar-refractivity contribution in [1.29, 1.82) is 0 Å². The molecule has 1 amide bonds. The Morgan fingerprint density at radius 3 is 2.82 bits per heavy atom. The molecule has 0 bridgehead atoms. The molecule has 0 saturated heterocycles. The first-order valence-electron chi connectivity index (χ1n) is 5.47. The second-order valence-electron chi connectivity index (χ2n) is 4.14. The van der Waals surface area contributed by atoms with Crippen molar-refractivity contribution in [2.75, 3.05) is 13.2 Å². The van der Waals surface area contributed by atoms with Gasteiger partial charge in [0.25, 0.3) is 0 Å². The van der Waals surface area contributed by atoms with Crippen molar-refractivity contribution in [3.8, 4) is 0 Å². The molecule has 0 aliphatic heterocycles. The lowest BCUT2D eigenvalue weighted by Gasteiger charge is -2.04. The summed E-state index contributed by atoms with van der Waals surface area (Å²) in [5, 5.41) is 12.3. The van der Waals surface area contributed by atoms with E-state index in [2.05, 4.69) is 5.32 Å². The molecule has 1 aromatic carbocycles. The van der Waals surface area contributed by atoms with Gasteiger partial charge in [-0.3, -0.25) is 4.79 Å². The van der Waals surface area contributed by atoms with Crippen molar-refractivity contribution in [3.05, 3.63) is 33.8 Å². The van der Waals surface area contributed by atoms with Crippen LogP contribution in [0.3, 0.4) is 0 Å². The molecule has 2 unspecified atom stereocenters. The highest BCUT2D eigenvalue weighted by Crippen LogP contribution is 2.48. The van der Waals surface area contributed by atoms with Gasteiger partial charge in [0.1, 0.15) is 0 Å². The third-order valence-corrected chi connectivity index (χ3v) is 3.65. The zero-order valence-corrected chi connectivity index (χ0v) is 10.6. The molecule has 5 heteroatoms. The number of carbonyl (C=O) groups excluding carboxylic acids is 1. The molecule has 1 fully saturated rings. The Kier molecular flexibility index (Phi) is 3.92. The normalized spacial score (nSPS) is 22.3. The van der Waals surface area contributed by atoms with Crippen LogP contribution in [0.25, 0.3) is 0 Å². The Balaban J connectivity index is 1.98. The zero-order chi connectivity index (χ0) is 12.4. The fourth-order valence-electron chi connectivity index (χ4n) is 1.91. The average Bonchev–Trinajstić information content (AvgIpc) is 3.09. The van der Waals surface area contributed by atoms with E-state index in [1.165, 1.54) is 0 Å². The van der Waals surface area contributed by atoms with Gasteiger partial charge in [-0.25, -0.2) is 0 Å². The van der Waals surface area contributed by atoms with Gasteiger partial charge in [-0.05, 0) is 30.0 Å². The number of amides is 1. The monoisotopic (exact) mass is 273 g/mol. The van der Waals surface area contributed by atoms with Crippen LogP contribution in [0.1, 0.15) is 17.9 Å². The van der Waals surface area contributed by atoms with Gasteiger partial charge in [0.2, 0.25) is 5.91 Å². The fourth-order valence-corrected chi connectivity index (χ4v) is 2.21. The molecule has 92 valence electrons. The number of aliphatic hydroxyl groups is 1. The van der Waals surface area contributed by atoms with E-state index < -0.39 is 0 Å². The summed E-state index contributed by atoms with van der Waals surface area (Å²) >= 11 is 11.8. The van der Waals surface area contributed by atoms with Crippen molar-refractivity contribution in [2.24, 2.45) is 5.92 Å². The number of nitrogens with one attached hydrogen (secondary N) is 1. The summed E-state index contributed by atoms with van der Waals surface area (Å²) in [6.45, 7) is 0.277. The lowest BCUT2D eigenvalue weighted by atomic mass is 10.1. The van der Waals surface area contributed by atoms with E-state index in [1.807, 2.05) is 12.1 Å². The van der Waals surface area contributed by atoms with Gasteiger partial charge in [-0.2, -0.15) is 0 Å². The molecule has 17 heavy (non-hydrogen) atoms. The van der Waals surface area contributed by atoms with Crippen molar-refractivity contribution in [2.45, 2.75) is 12.3 Å². The topological polar surface area (TPSA) is 49.3 Å². The van der Waals surface area contributed by atoms with Gasteiger partial charge in [-0.15, -0.1) is 0 Å². The molecule has 1 aliphatic carbocycles. The van der Waals surface area contributed by atoms with Crippen molar-refractivity contribution in [1.82, 2.24) is 5.32 Å². The van der Waals surface area contributed by atoms with Crippen molar-refractivity contribution < 1.29 is 9.90 Å². The van der Waals surface area contributed by atoms with Crippen LogP contribution in [0.4, 0.5) is 0 Å². The molecule has 0 aromatic heterocycles. The summed E-state index contributed by atoms with van der Waals surface area (Å²) < 4.78 is 0. The first-order chi connectivity index (χ1) is 8.13. The molecule has 2 N–H and O–H groups in total. The predicted molar refractivity (Wildman–Crippen MR) is 67.4 cm³/mol. The molecule has 1 saturated carbocycles. The van der Waals surface area contributed by atoms with Crippen LogP contribution in [0, 0.1) is 5.92 Å². The van der Waals surface area contributed by atoms with Crippen LogP contribution in [0.2, 0.25) is 10.0 Å². The number of benzene rings is 1. The maximum Gasteiger partial charge on any atom is 0.223 e. The Labute approximate surface area is 110 Å². The predicted octanol–water partition coefficient (Wildman–Crippen LogP) is 2.21. The van der Waals surface area contributed by atoms with Gasteiger partial charge >= 0.3 is 0 Å². The van der Waals surface area contributed by atoms with E-state index in [9.17, 15) is 4.79 Å². The second kappa shape index (κ2) is 5.25. The van der Waals surface area contributed by atoms with E-state index in [0.29, 0.717) is 16.6 Å². The molecule has 1 aromatic rings. The van der Waals surface area contributed by atoms with E-state index in [1.54, 1.807) is 6.07 Å². The minimum atomic E-state index is -0.0318. The Morgan fingerprint density at radius 2 is 2.18 bits per heavy atom. The van der Waals surface area contributed by atoms with Gasteiger partial charge in [0, 0.05) is 12.5 Å². The minimum absolute atomic E-state index is 0.00112.